The predicted octanol–water partition coefficient (Wildman–Crippen LogP) is 4.92. The number of nitrogens with one attached hydrogen (secondary N) is 1. The fourth-order valence-electron chi connectivity index (χ4n) is 3.45. The van der Waals surface area contributed by atoms with Crippen LogP contribution in [0.15, 0.2) is 54.7 Å². The third kappa shape index (κ3) is 2.95. The van der Waals surface area contributed by atoms with Gasteiger partial charge in [-0.05, 0) is 62.1 Å². The highest BCUT2D eigenvalue weighted by atomic mass is 15.3. The zero-order valence-corrected chi connectivity index (χ0v) is 14.8. The fourth-order valence-corrected chi connectivity index (χ4v) is 3.45. The number of hydrogen-bond donors (Lipinski definition) is 1. The molecule has 2 heterocycles. The topological polar surface area (TPSA) is 41.1 Å². The van der Waals surface area contributed by atoms with Crippen molar-refractivity contribution < 1.29 is 0 Å². The molecule has 0 amide bonds. The number of aromatic nitrogens is 2. The maximum Gasteiger partial charge on any atom is 0.229 e. The Morgan fingerprint density at radius 2 is 1.92 bits per heavy atom. The quantitative estimate of drug-likeness (QED) is 0.740. The van der Waals surface area contributed by atoms with Gasteiger partial charge in [0.15, 0.2) is 0 Å². The van der Waals surface area contributed by atoms with Crippen molar-refractivity contribution in [2.75, 3.05) is 10.2 Å². The van der Waals surface area contributed by atoms with Crippen LogP contribution < -0.4 is 10.2 Å². The first kappa shape index (κ1) is 15.6. The number of benzene rings is 2. The van der Waals surface area contributed by atoms with Gasteiger partial charge in [-0.2, -0.15) is 4.98 Å². The Labute approximate surface area is 148 Å². The zero-order chi connectivity index (χ0) is 17.4. The van der Waals surface area contributed by atoms with Crippen molar-refractivity contribution in [2.24, 2.45) is 0 Å². The van der Waals surface area contributed by atoms with Crippen LogP contribution in [0.4, 0.5) is 23.1 Å². The minimum absolute atomic E-state index is 0.390. The Balaban J connectivity index is 1.67. The lowest BCUT2D eigenvalue weighted by molar-refractivity contribution is 0.749. The van der Waals surface area contributed by atoms with Gasteiger partial charge in [-0.3, -0.25) is 0 Å². The summed E-state index contributed by atoms with van der Waals surface area (Å²) in [5, 5.41) is 3.37. The molecule has 0 fully saturated rings. The Bertz CT molecular complexity index is 919. The number of para-hydroxylation sites is 1. The van der Waals surface area contributed by atoms with E-state index in [0.717, 1.165) is 17.9 Å². The average molecular weight is 330 g/mol. The van der Waals surface area contributed by atoms with E-state index >= 15 is 0 Å². The molecule has 3 aromatic rings. The molecule has 1 aliphatic rings. The van der Waals surface area contributed by atoms with Crippen LogP contribution in [-0.2, 0) is 6.42 Å². The fraction of sp³-hybridized carbons (Fsp3) is 0.238. The lowest BCUT2D eigenvalue weighted by Crippen LogP contribution is -2.25. The highest BCUT2D eigenvalue weighted by Gasteiger charge is 2.27. The molecule has 0 saturated carbocycles. The van der Waals surface area contributed by atoms with Gasteiger partial charge in [0.25, 0.3) is 0 Å². The van der Waals surface area contributed by atoms with E-state index in [1.54, 1.807) is 0 Å². The minimum Gasteiger partial charge on any atom is -0.324 e. The first-order valence-corrected chi connectivity index (χ1v) is 8.66. The lowest BCUT2D eigenvalue weighted by atomic mass is 10.1. The molecular formula is C21H22N4. The summed E-state index contributed by atoms with van der Waals surface area (Å²) in [6, 6.07) is 17.3. The molecule has 25 heavy (non-hydrogen) atoms. The molecule has 1 unspecified atom stereocenters. The summed E-state index contributed by atoms with van der Waals surface area (Å²) in [5.41, 5.74) is 6.06. The minimum atomic E-state index is 0.390. The van der Waals surface area contributed by atoms with Gasteiger partial charge in [-0.25, -0.2) is 4.98 Å². The van der Waals surface area contributed by atoms with Gasteiger partial charge < -0.3 is 10.2 Å². The standard InChI is InChI=1S/C21H22N4/c1-14-8-9-15(2)18(12-14)23-21-22-11-10-20(24-21)25-16(3)13-17-6-4-5-7-19(17)25/h4-12,16H,13H2,1-3H3,(H,22,23,24). The number of rotatable bonds is 3. The van der Waals surface area contributed by atoms with E-state index in [1.165, 1.54) is 22.4 Å². The molecule has 1 aromatic heterocycles. The number of hydrogen-bond acceptors (Lipinski definition) is 4. The summed E-state index contributed by atoms with van der Waals surface area (Å²) in [6.07, 6.45) is 2.86. The van der Waals surface area contributed by atoms with Crippen molar-refractivity contribution in [3.63, 3.8) is 0 Å². The molecule has 0 radical (unpaired) electrons. The third-order valence-corrected chi connectivity index (χ3v) is 4.73. The number of aryl methyl sites for hydroxylation is 2. The van der Waals surface area contributed by atoms with Crippen molar-refractivity contribution in [1.29, 1.82) is 0 Å². The normalized spacial score (nSPS) is 16.0. The summed E-state index contributed by atoms with van der Waals surface area (Å²) in [7, 11) is 0. The van der Waals surface area contributed by atoms with E-state index in [2.05, 4.69) is 78.4 Å². The Morgan fingerprint density at radius 3 is 2.80 bits per heavy atom. The Morgan fingerprint density at radius 1 is 1.08 bits per heavy atom. The van der Waals surface area contributed by atoms with E-state index in [-0.39, 0.29) is 0 Å². The molecule has 0 aliphatic carbocycles. The molecule has 1 atom stereocenters. The second kappa shape index (κ2) is 6.20. The number of anilines is 4. The highest BCUT2D eigenvalue weighted by Crippen LogP contribution is 2.37. The van der Waals surface area contributed by atoms with Gasteiger partial charge in [0.2, 0.25) is 5.95 Å². The SMILES string of the molecule is Cc1ccc(C)c(Nc2nccc(N3c4ccccc4CC3C)n2)c1. The van der Waals surface area contributed by atoms with Crippen molar-refractivity contribution in [1.82, 2.24) is 9.97 Å². The molecule has 0 spiro atoms. The van der Waals surface area contributed by atoms with Crippen molar-refractivity contribution in [2.45, 2.75) is 33.2 Å². The van der Waals surface area contributed by atoms with E-state index in [4.69, 9.17) is 4.98 Å². The Hall–Kier alpha value is -2.88. The maximum atomic E-state index is 4.77. The molecular weight excluding hydrogens is 308 g/mol. The summed E-state index contributed by atoms with van der Waals surface area (Å²) in [4.78, 5) is 11.5. The maximum absolute atomic E-state index is 4.77. The van der Waals surface area contributed by atoms with Crippen molar-refractivity contribution >= 4 is 23.1 Å². The van der Waals surface area contributed by atoms with Crippen LogP contribution in [0, 0.1) is 13.8 Å². The number of nitrogens with zero attached hydrogens (tertiary/aromatic N) is 3. The molecule has 1 N–H and O–H groups in total. The first-order valence-electron chi connectivity index (χ1n) is 8.66. The monoisotopic (exact) mass is 330 g/mol. The molecule has 126 valence electrons. The molecule has 0 saturated heterocycles. The molecule has 4 heteroatoms. The summed E-state index contributed by atoms with van der Waals surface area (Å²) >= 11 is 0. The molecule has 1 aliphatic heterocycles. The summed E-state index contributed by atoms with van der Waals surface area (Å²) in [6.45, 7) is 6.41. The second-order valence-electron chi connectivity index (χ2n) is 6.73. The van der Waals surface area contributed by atoms with E-state index in [9.17, 15) is 0 Å². The first-order chi connectivity index (χ1) is 12.1. The molecule has 2 aromatic carbocycles. The van der Waals surface area contributed by atoms with Crippen LogP contribution in [0.3, 0.4) is 0 Å². The van der Waals surface area contributed by atoms with Crippen LogP contribution in [0.2, 0.25) is 0 Å². The van der Waals surface area contributed by atoms with E-state index < -0.39 is 0 Å². The highest BCUT2D eigenvalue weighted by molar-refractivity contribution is 5.70. The Kier molecular flexibility index (Phi) is 3.88. The van der Waals surface area contributed by atoms with Crippen molar-refractivity contribution in [3.05, 3.63) is 71.4 Å². The summed E-state index contributed by atoms with van der Waals surface area (Å²) < 4.78 is 0. The van der Waals surface area contributed by atoms with Gasteiger partial charge in [-0.15, -0.1) is 0 Å². The average Bonchev–Trinajstić information content (AvgIpc) is 2.94. The summed E-state index contributed by atoms with van der Waals surface area (Å²) in [5.74, 6) is 1.56. The van der Waals surface area contributed by atoms with E-state index in [1.807, 2.05) is 12.3 Å². The predicted molar refractivity (Wildman–Crippen MR) is 103 cm³/mol. The van der Waals surface area contributed by atoms with Crippen LogP contribution in [-0.4, -0.2) is 16.0 Å². The van der Waals surface area contributed by atoms with Gasteiger partial charge in [0.1, 0.15) is 5.82 Å². The van der Waals surface area contributed by atoms with Crippen LogP contribution >= 0.6 is 0 Å². The smallest absolute Gasteiger partial charge is 0.229 e. The second-order valence-corrected chi connectivity index (χ2v) is 6.73. The van der Waals surface area contributed by atoms with Gasteiger partial charge in [0, 0.05) is 23.6 Å². The van der Waals surface area contributed by atoms with Gasteiger partial charge in [-0.1, -0.05) is 30.3 Å². The largest absolute Gasteiger partial charge is 0.324 e. The zero-order valence-electron chi connectivity index (χ0n) is 14.8. The van der Waals surface area contributed by atoms with Crippen LogP contribution in [0.25, 0.3) is 0 Å². The van der Waals surface area contributed by atoms with Gasteiger partial charge in [0.05, 0.1) is 0 Å². The van der Waals surface area contributed by atoms with E-state index in [0.29, 0.717) is 12.0 Å². The molecule has 4 rings (SSSR count). The van der Waals surface area contributed by atoms with Gasteiger partial charge >= 0.3 is 0 Å². The third-order valence-electron chi connectivity index (χ3n) is 4.73. The molecule has 4 nitrogen and oxygen atoms in total. The molecule has 0 bridgehead atoms. The van der Waals surface area contributed by atoms with Crippen molar-refractivity contribution in [3.8, 4) is 0 Å². The lowest BCUT2D eigenvalue weighted by Gasteiger charge is -2.24. The van der Waals surface area contributed by atoms with Crippen LogP contribution in [0.5, 0.6) is 0 Å². The number of fused-ring (bicyclic) bond motifs is 1. The van der Waals surface area contributed by atoms with Crippen LogP contribution in [0.1, 0.15) is 23.6 Å².